The molecule has 1 aliphatic rings. The predicted molar refractivity (Wildman–Crippen MR) is 71.1 cm³/mol. The van der Waals surface area contributed by atoms with Gasteiger partial charge in [-0.05, 0) is 26.2 Å². The summed E-state index contributed by atoms with van der Waals surface area (Å²) in [4.78, 5) is 24.4. The number of nitrogens with zero attached hydrogens (tertiary/aromatic N) is 1. The molecule has 2 unspecified atom stereocenters. The van der Waals surface area contributed by atoms with Crippen LogP contribution >= 0.6 is 0 Å². The molecule has 0 bridgehead atoms. The minimum Gasteiger partial charge on any atom is -0.479 e. The summed E-state index contributed by atoms with van der Waals surface area (Å²) >= 11 is 0. The zero-order valence-electron chi connectivity index (χ0n) is 11.7. The van der Waals surface area contributed by atoms with Crippen LogP contribution in [0, 0.1) is 0 Å². The van der Waals surface area contributed by atoms with Crippen LogP contribution in [0.5, 0.6) is 0 Å². The van der Waals surface area contributed by atoms with E-state index in [1.807, 2.05) is 6.92 Å². The number of ether oxygens (including phenoxy) is 1. The zero-order chi connectivity index (χ0) is 14.3. The molecule has 6 nitrogen and oxygen atoms in total. The van der Waals surface area contributed by atoms with E-state index in [0.29, 0.717) is 25.9 Å². The maximum Gasteiger partial charge on any atom is 0.332 e. The summed E-state index contributed by atoms with van der Waals surface area (Å²) in [6.07, 6.45) is 2.33. The van der Waals surface area contributed by atoms with E-state index in [9.17, 15) is 9.59 Å². The molecule has 0 saturated carbocycles. The number of hydrogen-bond donors (Lipinski definition) is 2. The highest BCUT2D eigenvalue weighted by molar-refractivity contribution is 5.74. The number of unbranched alkanes of at least 4 members (excludes halogenated alkanes) is 1. The van der Waals surface area contributed by atoms with Gasteiger partial charge in [-0.1, -0.05) is 13.3 Å². The van der Waals surface area contributed by atoms with Crippen molar-refractivity contribution in [2.24, 2.45) is 0 Å². The van der Waals surface area contributed by atoms with Gasteiger partial charge in [-0.25, -0.2) is 9.59 Å². The summed E-state index contributed by atoms with van der Waals surface area (Å²) in [6, 6.07) is -0.0988. The molecule has 110 valence electrons. The quantitative estimate of drug-likeness (QED) is 0.735. The summed E-state index contributed by atoms with van der Waals surface area (Å²) in [7, 11) is 0. The van der Waals surface area contributed by atoms with Crippen molar-refractivity contribution < 1.29 is 19.4 Å². The Morgan fingerprint density at radius 3 is 2.63 bits per heavy atom. The van der Waals surface area contributed by atoms with E-state index < -0.39 is 12.1 Å². The van der Waals surface area contributed by atoms with E-state index in [2.05, 4.69) is 12.2 Å². The third-order valence-electron chi connectivity index (χ3n) is 3.31. The van der Waals surface area contributed by atoms with Gasteiger partial charge in [-0.15, -0.1) is 0 Å². The molecule has 1 heterocycles. The monoisotopic (exact) mass is 272 g/mol. The van der Waals surface area contributed by atoms with E-state index in [1.54, 1.807) is 4.90 Å². The highest BCUT2D eigenvalue weighted by atomic mass is 16.5. The summed E-state index contributed by atoms with van der Waals surface area (Å²) in [5.41, 5.74) is 0. The number of hydrogen-bond acceptors (Lipinski definition) is 3. The molecule has 2 N–H and O–H groups in total. The SMILES string of the molecule is CCCCN(CC)C(=O)NCC1CCC(C(=O)O)O1. The van der Waals surface area contributed by atoms with E-state index in [-0.39, 0.29) is 12.1 Å². The summed E-state index contributed by atoms with van der Waals surface area (Å²) < 4.78 is 5.33. The average Bonchev–Trinajstić information content (AvgIpc) is 2.86. The fourth-order valence-electron chi connectivity index (χ4n) is 2.10. The number of rotatable bonds is 7. The lowest BCUT2D eigenvalue weighted by atomic mass is 10.2. The number of urea groups is 1. The van der Waals surface area contributed by atoms with Gasteiger partial charge in [0.2, 0.25) is 0 Å². The molecule has 0 aliphatic carbocycles. The third-order valence-corrected chi connectivity index (χ3v) is 3.31. The van der Waals surface area contributed by atoms with Crippen LogP contribution in [0.25, 0.3) is 0 Å². The number of amides is 2. The molecule has 0 aromatic carbocycles. The molecule has 1 aliphatic heterocycles. The first-order valence-corrected chi connectivity index (χ1v) is 6.99. The number of carbonyl (C=O) groups excluding carboxylic acids is 1. The van der Waals surface area contributed by atoms with E-state index >= 15 is 0 Å². The second-order valence-corrected chi connectivity index (χ2v) is 4.78. The highest BCUT2D eigenvalue weighted by Gasteiger charge is 2.30. The third kappa shape index (κ3) is 5.06. The van der Waals surface area contributed by atoms with Gasteiger partial charge in [0.1, 0.15) is 0 Å². The smallest absolute Gasteiger partial charge is 0.332 e. The van der Waals surface area contributed by atoms with Crippen molar-refractivity contribution in [3.05, 3.63) is 0 Å². The fraction of sp³-hybridized carbons (Fsp3) is 0.846. The lowest BCUT2D eigenvalue weighted by Gasteiger charge is -2.22. The van der Waals surface area contributed by atoms with Crippen molar-refractivity contribution in [1.82, 2.24) is 10.2 Å². The standard InChI is InChI=1S/C13H24N2O4/c1-3-5-8-15(4-2)13(18)14-9-10-6-7-11(19-10)12(16)17/h10-11H,3-9H2,1-2H3,(H,14,18)(H,16,17). The number of nitrogens with one attached hydrogen (secondary N) is 1. The predicted octanol–water partition coefficient (Wildman–Crippen LogP) is 1.45. The van der Waals surface area contributed by atoms with Crippen molar-refractivity contribution in [3.63, 3.8) is 0 Å². The van der Waals surface area contributed by atoms with Crippen LogP contribution in [0.15, 0.2) is 0 Å². The Balaban J connectivity index is 2.28. The topological polar surface area (TPSA) is 78.9 Å². The lowest BCUT2D eigenvalue weighted by molar-refractivity contribution is -0.149. The summed E-state index contributed by atoms with van der Waals surface area (Å²) in [5.74, 6) is -0.924. The molecule has 0 radical (unpaired) electrons. The molecule has 19 heavy (non-hydrogen) atoms. The molecule has 2 amide bonds. The van der Waals surface area contributed by atoms with Gasteiger partial charge < -0.3 is 20.1 Å². The van der Waals surface area contributed by atoms with Gasteiger partial charge in [0, 0.05) is 19.6 Å². The molecule has 1 fully saturated rings. The Morgan fingerprint density at radius 1 is 1.37 bits per heavy atom. The van der Waals surface area contributed by atoms with Crippen molar-refractivity contribution in [2.75, 3.05) is 19.6 Å². The van der Waals surface area contributed by atoms with E-state index in [0.717, 1.165) is 19.4 Å². The summed E-state index contributed by atoms with van der Waals surface area (Å²) in [5, 5.41) is 11.6. The maximum absolute atomic E-state index is 11.9. The molecule has 1 rings (SSSR count). The average molecular weight is 272 g/mol. The van der Waals surface area contributed by atoms with E-state index in [4.69, 9.17) is 9.84 Å². The molecule has 2 atom stereocenters. The summed E-state index contributed by atoms with van der Waals surface area (Å²) in [6.45, 7) is 5.84. The zero-order valence-corrected chi connectivity index (χ0v) is 11.7. The van der Waals surface area contributed by atoms with Crippen LogP contribution in [-0.4, -0.2) is 53.8 Å². The van der Waals surface area contributed by atoms with Gasteiger partial charge >= 0.3 is 12.0 Å². The van der Waals surface area contributed by atoms with Gasteiger partial charge in [0.25, 0.3) is 0 Å². The Kier molecular flexibility index (Phi) is 6.62. The maximum atomic E-state index is 11.9. The second kappa shape index (κ2) is 7.99. The van der Waals surface area contributed by atoms with Crippen molar-refractivity contribution >= 4 is 12.0 Å². The van der Waals surface area contributed by atoms with Crippen LogP contribution in [0.3, 0.4) is 0 Å². The van der Waals surface area contributed by atoms with Crippen LogP contribution in [-0.2, 0) is 9.53 Å². The van der Waals surface area contributed by atoms with Crippen LogP contribution < -0.4 is 5.32 Å². The molecule has 1 saturated heterocycles. The van der Waals surface area contributed by atoms with Crippen molar-refractivity contribution in [3.8, 4) is 0 Å². The molecule has 6 heteroatoms. The molecule has 0 spiro atoms. The van der Waals surface area contributed by atoms with Crippen molar-refractivity contribution in [1.29, 1.82) is 0 Å². The first-order valence-electron chi connectivity index (χ1n) is 6.99. The first kappa shape index (κ1) is 15.8. The highest BCUT2D eigenvalue weighted by Crippen LogP contribution is 2.19. The Hall–Kier alpha value is -1.30. The van der Waals surface area contributed by atoms with Gasteiger partial charge in [-0.2, -0.15) is 0 Å². The fourth-order valence-corrected chi connectivity index (χ4v) is 2.10. The van der Waals surface area contributed by atoms with Crippen LogP contribution in [0.2, 0.25) is 0 Å². The number of carbonyl (C=O) groups is 2. The van der Waals surface area contributed by atoms with Gasteiger partial charge in [0.05, 0.1) is 6.10 Å². The normalized spacial score (nSPS) is 22.2. The lowest BCUT2D eigenvalue weighted by Crippen LogP contribution is -2.43. The Morgan fingerprint density at radius 2 is 2.11 bits per heavy atom. The number of carboxylic acids is 1. The van der Waals surface area contributed by atoms with Crippen LogP contribution in [0.4, 0.5) is 4.79 Å². The van der Waals surface area contributed by atoms with Gasteiger partial charge in [0.15, 0.2) is 6.10 Å². The Labute approximate surface area is 114 Å². The molecule has 0 aromatic heterocycles. The first-order chi connectivity index (χ1) is 9.08. The van der Waals surface area contributed by atoms with Crippen LogP contribution in [0.1, 0.15) is 39.5 Å². The Bertz CT molecular complexity index is 309. The molecular formula is C13H24N2O4. The van der Waals surface area contributed by atoms with Crippen molar-refractivity contribution in [2.45, 2.75) is 51.7 Å². The molecular weight excluding hydrogens is 248 g/mol. The minimum absolute atomic E-state index is 0.0988. The molecule has 0 aromatic rings. The largest absolute Gasteiger partial charge is 0.479 e. The number of aliphatic carboxylic acids is 1. The van der Waals surface area contributed by atoms with E-state index in [1.165, 1.54) is 0 Å². The van der Waals surface area contributed by atoms with Gasteiger partial charge in [-0.3, -0.25) is 0 Å². The second-order valence-electron chi connectivity index (χ2n) is 4.78. The minimum atomic E-state index is -0.924. The number of carboxylic acid groups (broad SMARTS) is 1.